The SMILES string of the molecule is CS(=O)(=O)CCN1CC2(CCCN(CC3CCCO3)C2)C1=O. The van der Waals surface area contributed by atoms with E-state index >= 15 is 0 Å². The summed E-state index contributed by atoms with van der Waals surface area (Å²) in [4.78, 5) is 16.6. The molecule has 0 saturated carbocycles. The number of nitrogens with zero attached hydrogens (tertiary/aromatic N) is 2. The monoisotopic (exact) mass is 330 g/mol. The highest BCUT2D eigenvalue weighted by atomic mass is 32.2. The molecule has 3 heterocycles. The first-order valence-corrected chi connectivity index (χ1v) is 10.3. The molecule has 3 fully saturated rings. The Morgan fingerprint density at radius 2 is 2.14 bits per heavy atom. The Labute approximate surface area is 132 Å². The molecular formula is C15H26N2O4S. The number of likely N-dealkylation sites (tertiary alicyclic amines) is 2. The highest BCUT2D eigenvalue weighted by Gasteiger charge is 2.53. The van der Waals surface area contributed by atoms with Gasteiger partial charge in [0.2, 0.25) is 5.91 Å². The van der Waals surface area contributed by atoms with Crippen LogP contribution in [0.1, 0.15) is 25.7 Å². The second kappa shape index (κ2) is 6.09. The summed E-state index contributed by atoms with van der Waals surface area (Å²) in [5, 5.41) is 0. The molecular weight excluding hydrogens is 304 g/mol. The number of carbonyl (C=O) groups excluding carboxylic acids is 1. The summed E-state index contributed by atoms with van der Waals surface area (Å²) in [7, 11) is -3.01. The van der Waals surface area contributed by atoms with E-state index in [0.717, 1.165) is 51.9 Å². The van der Waals surface area contributed by atoms with E-state index in [-0.39, 0.29) is 17.1 Å². The van der Waals surface area contributed by atoms with Gasteiger partial charge in [0.15, 0.2) is 0 Å². The summed E-state index contributed by atoms with van der Waals surface area (Å²) in [5.41, 5.74) is -0.256. The van der Waals surface area contributed by atoms with Crippen LogP contribution in [-0.4, -0.2) is 81.6 Å². The third-order valence-electron chi connectivity index (χ3n) is 5.11. The van der Waals surface area contributed by atoms with Gasteiger partial charge in [0.05, 0.1) is 17.3 Å². The topological polar surface area (TPSA) is 66.9 Å². The van der Waals surface area contributed by atoms with E-state index in [0.29, 0.717) is 19.2 Å². The molecule has 3 rings (SSSR count). The van der Waals surface area contributed by atoms with Crippen molar-refractivity contribution in [3.8, 4) is 0 Å². The molecule has 22 heavy (non-hydrogen) atoms. The number of sulfone groups is 1. The molecule has 0 bridgehead atoms. The third kappa shape index (κ3) is 3.46. The largest absolute Gasteiger partial charge is 0.377 e. The minimum absolute atomic E-state index is 0.0639. The minimum Gasteiger partial charge on any atom is -0.377 e. The van der Waals surface area contributed by atoms with Gasteiger partial charge in [-0.3, -0.25) is 9.69 Å². The Morgan fingerprint density at radius 1 is 1.32 bits per heavy atom. The number of hydrogen-bond acceptors (Lipinski definition) is 5. The second-order valence-corrected chi connectivity index (χ2v) is 9.37. The summed E-state index contributed by atoms with van der Waals surface area (Å²) in [6, 6.07) is 0. The lowest BCUT2D eigenvalue weighted by atomic mass is 9.72. The molecule has 3 aliphatic heterocycles. The highest BCUT2D eigenvalue weighted by Crippen LogP contribution is 2.40. The van der Waals surface area contributed by atoms with Gasteiger partial charge in [-0.15, -0.1) is 0 Å². The molecule has 126 valence electrons. The lowest BCUT2D eigenvalue weighted by Gasteiger charge is -2.53. The van der Waals surface area contributed by atoms with Crippen molar-refractivity contribution in [2.24, 2.45) is 5.41 Å². The van der Waals surface area contributed by atoms with Crippen LogP contribution < -0.4 is 0 Å². The quantitative estimate of drug-likeness (QED) is 0.671. The fourth-order valence-corrected chi connectivity index (χ4v) is 4.52. The number of hydrogen-bond donors (Lipinski definition) is 0. The van der Waals surface area contributed by atoms with E-state index in [1.807, 2.05) is 0 Å². The van der Waals surface area contributed by atoms with Crippen LogP contribution in [0.5, 0.6) is 0 Å². The van der Waals surface area contributed by atoms with Gasteiger partial charge in [0.25, 0.3) is 0 Å². The molecule has 0 aromatic carbocycles. The average molecular weight is 330 g/mol. The Bertz CT molecular complexity index is 530. The molecule has 2 atom stereocenters. The molecule has 0 aromatic heterocycles. The molecule has 0 aliphatic carbocycles. The summed E-state index contributed by atoms with van der Waals surface area (Å²) in [6.45, 7) is 4.69. The number of rotatable bonds is 5. The van der Waals surface area contributed by atoms with Crippen molar-refractivity contribution in [3.05, 3.63) is 0 Å². The average Bonchev–Trinajstić information content (AvgIpc) is 2.95. The van der Waals surface area contributed by atoms with Crippen LogP contribution >= 0.6 is 0 Å². The molecule has 7 heteroatoms. The minimum atomic E-state index is -3.01. The highest BCUT2D eigenvalue weighted by molar-refractivity contribution is 7.90. The maximum absolute atomic E-state index is 12.5. The summed E-state index contributed by atoms with van der Waals surface area (Å²) in [5.74, 6) is 0.210. The van der Waals surface area contributed by atoms with Crippen molar-refractivity contribution >= 4 is 15.7 Å². The Kier molecular flexibility index (Phi) is 4.49. The molecule has 2 unspecified atom stereocenters. The van der Waals surface area contributed by atoms with Crippen molar-refractivity contribution in [2.45, 2.75) is 31.8 Å². The first-order chi connectivity index (χ1) is 10.4. The van der Waals surface area contributed by atoms with Gasteiger partial charge in [-0.2, -0.15) is 0 Å². The second-order valence-electron chi connectivity index (χ2n) is 7.11. The van der Waals surface area contributed by atoms with E-state index < -0.39 is 9.84 Å². The van der Waals surface area contributed by atoms with Crippen molar-refractivity contribution in [1.29, 1.82) is 0 Å². The molecule has 0 aromatic rings. The van der Waals surface area contributed by atoms with Crippen molar-refractivity contribution in [2.75, 3.05) is 51.3 Å². The summed E-state index contributed by atoms with van der Waals surface area (Å²) >= 11 is 0. The Hall–Kier alpha value is -0.660. The molecule has 3 saturated heterocycles. The van der Waals surface area contributed by atoms with Crippen LogP contribution in [0.3, 0.4) is 0 Å². The van der Waals surface area contributed by atoms with Crippen molar-refractivity contribution in [3.63, 3.8) is 0 Å². The van der Waals surface area contributed by atoms with E-state index in [9.17, 15) is 13.2 Å². The van der Waals surface area contributed by atoms with Crippen LogP contribution in [0.25, 0.3) is 0 Å². The maximum Gasteiger partial charge on any atom is 0.231 e. The van der Waals surface area contributed by atoms with Crippen LogP contribution in [0, 0.1) is 5.41 Å². The van der Waals surface area contributed by atoms with Gasteiger partial charge in [-0.05, 0) is 32.2 Å². The summed E-state index contributed by atoms with van der Waals surface area (Å²) < 4.78 is 28.2. The zero-order valence-corrected chi connectivity index (χ0v) is 14.1. The molecule has 1 spiro atoms. The van der Waals surface area contributed by atoms with Gasteiger partial charge in [-0.25, -0.2) is 8.42 Å². The number of carbonyl (C=O) groups is 1. The van der Waals surface area contributed by atoms with Gasteiger partial charge in [0.1, 0.15) is 9.84 Å². The van der Waals surface area contributed by atoms with Crippen LogP contribution in [0.2, 0.25) is 0 Å². The number of piperidine rings is 1. The van der Waals surface area contributed by atoms with E-state index in [1.165, 1.54) is 6.26 Å². The van der Waals surface area contributed by atoms with E-state index in [2.05, 4.69) is 4.90 Å². The third-order valence-corrected chi connectivity index (χ3v) is 6.03. The van der Waals surface area contributed by atoms with E-state index in [1.54, 1.807) is 4.90 Å². The van der Waals surface area contributed by atoms with Gasteiger partial charge in [0, 0.05) is 39.0 Å². The molecule has 3 aliphatic rings. The van der Waals surface area contributed by atoms with Crippen LogP contribution in [0.4, 0.5) is 0 Å². The standard InChI is InChI=1S/C15H26N2O4S/c1-22(19,20)9-7-17-12-15(14(17)18)5-3-6-16(11-15)10-13-4-2-8-21-13/h13H,2-12H2,1H3. The summed E-state index contributed by atoms with van der Waals surface area (Å²) in [6.07, 6.45) is 5.78. The fourth-order valence-electron chi connectivity index (χ4n) is 3.97. The van der Waals surface area contributed by atoms with E-state index in [4.69, 9.17) is 4.74 Å². The zero-order valence-electron chi connectivity index (χ0n) is 13.3. The lowest BCUT2D eigenvalue weighted by molar-refractivity contribution is -0.166. The lowest BCUT2D eigenvalue weighted by Crippen LogP contribution is -2.67. The van der Waals surface area contributed by atoms with Gasteiger partial charge < -0.3 is 9.64 Å². The normalized spacial score (nSPS) is 33.4. The molecule has 0 radical (unpaired) electrons. The predicted molar refractivity (Wildman–Crippen MR) is 83.4 cm³/mol. The maximum atomic E-state index is 12.5. The number of amides is 1. The predicted octanol–water partition coefficient (Wildman–Crippen LogP) is 0.134. The molecule has 1 amide bonds. The zero-order chi connectivity index (χ0) is 15.8. The van der Waals surface area contributed by atoms with Crippen LogP contribution in [0.15, 0.2) is 0 Å². The van der Waals surface area contributed by atoms with Gasteiger partial charge >= 0.3 is 0 Å². The molecule has 0 N–H and O–H groups in total. The molecule has 6 nitrogen and oxygen atoms in total. The fraction of sp³-hybridized carbons (Fsp3) is 0.933. The Morgan fingerprint density at radius 3 is 2.77 bits per heavy atom. The van der Waals surface area contributed by atoms with Gasteiger partial charge in [-0.1, -0.05) is 0 Å². The van der Waals surface area contributed by atoms with Crippen molar-refractivity contribution in [1.82, 2.24) is 9.80 Å². The first-order valence-electron chi connectivity index (χ1n) is 8.19. The Balaban J connectivity index is 1.52. The first kappa shape index (κ1) is 16.2. The number of ether oxygens (including phenoxy) is 1. The van der Waals surface area contributed by atoms with Crippen LogP contribution in [-0.2, 0) is 19.4 Å². The number of β-lactam (4-membered cyclic amide) rings is 1. The smallest absolute Gasteiger partial charge is 0.231 e. The van der Waals surface area contributed by atoms with Crippen molar-refractivity contribution < 1.29 is 17.9 Å².